The molecule has 1 aromatic heterocycles. The van der Waals surface area contributed by atoms with Gasteiger partial charge in [0.2, 0.25) is 0 Å². The van der Waals surface area contributed by atoms with Crippen LogP contribution in [0, 0.1) is 6.92 Å². The van der Waals surface area contributed by atoms with E-state index >= 15 is 0 Å². The number of hydrogen-bond donors (Lipinski definition) is 0. The summed E-state index contributed by atoms with van der Waals surface area (Å²) in [5.74, 6) is 1.51. The Labute approximate surface area is 171 Å². The van der Waals surface area contributed by atoms with Gasteiger partial charge in [-0.15, -0.1) is 0 Å². The third kappa shape index (κ3) is 3.72. The average molecular weight is 393 g/mol. The predicted molar refractivity (Wildman–Crippen MR) is 113 cm³/mol. The molecule has 0 N–H and O–H groups in total. The van der Waals surface area contributed by atoms with Crippen molar-refractivity contribution >= 4 is 16.9 Å². The molecule has 6 heteroatoms. The maximum Gasteiger partial charge on any atom is 0.253 e. The first-order valence-corrected chi connectivity index (χ1v) is 9.93. The molecule has 6 nitrogen and oxygen atoms in total. The summed E-state index contributed by atoms with van der Waals surface area (Å²) >= 11 is 0. The molecule has 0 fully saturated rings. The lowest BCUT2D eigenvalue weighted by molar-refractivity contribution is 0.0743. The summed E-state index contributed by atoms with van der Waals surface area (Å²) in [7, 11) is 5.38. The molecule has 152 valence electrons. The Hall–Kier alpha value is -2.86. The molecule has 29 heavy (non-hydrogen) atoms. The number of hydrogen-bond acceptors (Lipinski definition) is 4. The molecule has 1 aliphatic rings. The molecular formula is C23H27N3O3. The number of carbonyl (C=O) groups is 1. The first-order chi connectivity index (χ1) is 14.0. The van der Waals surface area contributed by atoms with E-state index in [1.807, 2.05) is 30.7 Å². The lowest BCUT2D eigenvalue weighted by Crippen LogP contribution is -2.30. The van der Waals surface area contributed by atoms with Crippen LogP contribution in [-0.4, -0.2) is 53.8 Å². The fourth-order valence-electron chi connectivity index (χ4n) is 3.92. The fraction of sp³-hybridized carbons (Fsp3) is 0.391. The highest BCUT2D eigenvalue weighted by molar-refractivity contribution is 5.99. The number of nitrogens with zero attached hydrogens (tertiary/aromatic N) is 3. The van der Waals surface area contributed by atoms with E-state index in [9.17, 15) is 4.79 Å². The lowest BCUT2D eigenvalue weighted by atomic mass is 10.1. The van der Waals surface area contributed by atoms with Gasteiger partial charge in [0.25, 0.3) is 5.91 Å². The number of fused-ring (bicyclic) bond motifs is 2. The van der Waals surface area contributed by atoms with Crippen LogP contribution in [0.1, 0.15) is 27.3 Å². The van der Waals surface area contributed by atoms with Crippen molar-refractivity contribution in [3.63, 3.8) is 0 Å². The van der Waals surface area contributed by atoms with Gasteiger partial charge in [-0.3, -0.25) is 4.79 Å². The third-order valence-electron chi connectivity index (χ3n) is 5.71. The van der Waals surface area contributed by atoms with Crippen LogP contribution in [-0.2, 0) is 24.6 Å². The molecular weight excluding hydrogens is 366 g/mol. The minimum Gasteiger partial charge on any atom is -0.487 e. The molecule has 0 unspecified atom stereocenters. The number of likely N-dealkylation sites (N-methyl/N-ethyl adjacent to an activating group) is 1. The van der Waals surface area contributed by atoms with E-state index in [1.165, 1.54) is 11.1 Å². The van der Waals surface area contributed by atoms with Crippen LogP contribution < -0.4 is 4.74 Å². The largest absolute Gasteiger partial charge is 0.487 e. The normalized spacial score (nSPS) is 13.7. The molecule has 0 aliphatic heterocycles. The van der Waals surface area contributed by atoms with Gasteiger partial charge in [-0.2, -0.15) is 0 Å². The van der Waals surface area contributed by atoms with Crippen molar-refractivity contribution in [1.29, 1.82) is 0 Å². The topological polar surface area (TPSA) is 56.6 Å². The number of aryl methyl sites for hydroxylation is 2. The van der Waals surface area contributed by atoms with Gasteiger partial charge in [-0.05, 0) is 30.2 Å². The van der Waals surface area contributed by atoms with Gasteiger partial charge in [0.05, 0.1) is 12.1 Å². The number of imidazole rings is 1. The highest BCUT2D eigenvalue weighted by atomic mass is 16.5. The Morgan fingerprint density at radius 1 is 1.24 bits per heavy atom. The number of aromatic nitrogens is 2. The van der Waals surface area contributed by atoms with Gasteiger partial charge in [0, 0.05) is 46.2 Å². The van der Waals surface area contributed by atoms with Gasteiger partial charge < -0.3 is 18.9 Å². The van der Waals surface area contributed by atoms with Crippen LogP contribution in [0.15, 0.2) is 36.4 Å². The smallest absolute Gasteiger partial charge is 0.253 e. The third-order valence-corrected chi connectivity index (χ3v) is 5.71. The lowest BCUT2D eigenvalue weighted by Gasteiger charge is -2.19. The molecule has 1 aliphatic carbocycles. The van der Waals surface area contributed by atoms with E-state index in [2.05, 4.69) is 24.3 Å². The van der Waals surface area contributed by atoms with Crippen molar-refractivity contribution < 1.29 is 14.3 Å². The first-order valence-electron chi connectivity index (χ1n) is 9.93. The Morgan fingerprint density at radius 2 is 1.93 bits per heavy atom. The number of benzene rings is 2. The van der Waals surface area contributed by atoms with Crippen molar-refractivity contribution in [3.8, 4) is 5.75 Å². The molecule has 0 saturated carbocycles. The van der Waals surface area contributed by atoms with Crippen LogP contribution in [0.25, 0.3) is 11.0 Å². The summed E-state index contributed by atoms with van der Waals surface area (Å²) in [5, 5.41) is 0. The molecule has 0 spiro atoms. The van der Waals surface area contributed by atoms with Crippen molar-refractivity contribution in [2.24, 2.45) is 7.05 Å². The summed E-state index contributed by atoms with van der Waals surface area (Å²) in [5.41, 5.74) is 4.97. The highest BCUT2D eigenvalue weighted by Crippen LogP contribution is 2.32. The van der Waals surface area contributed by atoms with Crippen LogP contribution in [0.3, 0.4) is 0 Å². The van der Waals surface area contributed by atoms with Gasteiger partial charge >= 0.3 is 0 Å². The van der Waals surface area contributed by atoms with E-state index < -0.39 is 0 Å². The maximum atomic E-state index is 13.0. The molecule has 0 radical (unpaired) electrons. The highest BCUT2D eigenvalue weighted by Gasteiger charge is 2.25. The zero-order chi connectivity index (χ0) is 20.5. The number of carbonyl (C=O) groups excluding carboxylic acids is 1. The number of ether oxygens (including phenoxy) is 2. The van der Waals surface area contributed by atoms with Crippen molar-refractivity contribution in [2.45, 2.75) is 25.9 Å². The Balaban J connectivity index is 1.67. The minimum atomic E-state index is -0.0534. The Kier molecular flexibility index (Phi) is 5.28. The van der Waals surface area contributed by atoms with Gasteiger partial charge in [-0.25, -0.2) is 4.98 Å². The van der Waals surface area contributed by atoms with E-state index in [0.717, 1.165) is 29.7 Å². The van der Waals surface area contributed by atoms with Gasteiger partial charge in [0.1, 0.15) is 23.2 Å². The molecule has 2 aromatic carbocycles. The summed E-state index contributed by atoms with van der Waals surface area (Å²) < 4.78 is 13.5. The second kappa shape index (κ2) is 7.87. The van der Waals surface area contributed by atoms with E-state index in [1.54, 1.807) is 19.1 Å². The first kappa shape index (κ1) is 19.5. The number of amides is 1. The zero-order valence-corrected chi connectivity index (χ0v) is 17.4. The van der Waals surface area contributed by atoms with Crippen LogP contribution >= 0.6 is 0 Å². The predicted octanol–water partition coefficient (Wildman–Crippen LogP) is 3.15. The molecule has 1 heterocycles. The van der Waals surface area contributed by atoms with Crippen molar-refractivity contribution in [2.75, 3.05) is 27.3 Å². The van der Waals surface area contributed by atoms with Crippen molar-refractivity contribution in [3.05, 3.63) is 58.9 Å². The number of rotatable bonds is 6. The summed E-state index contributed by atoms with van der Waals surface area (Å²) in [6.07, 6.45) is 1.79. The van der Waals surface area contributed by atoms with Crippen molar-refractivity contribution in [1.82, 2.24) is 14.5 Å². The summed E-state index contributed by atoms with van der Waals surface area (Å²) in [6, 6.07) is 12.2. The fourth-order valence-corrected chi connectivity index (χ4v) is 3.92. The molecule has 0 atom stereocenters. The molecule has 0 bridgehead atoms. The molecule has 1 amide bonds. The minimum absolute atomic E-state index is 0.0504. The maximum absolute atomic E-state index is 13.0. The molecule has 0 saturated heterocycles. The monoisotopic (exact) mass is 393 g/mol. The van der Waals surface area contributed by atoms with Crippen LogP contribution in [0.2, 0.25) is 0 Å². The zero-order valence-electron chi connectivity index (χ0n) is 17.4. The standard InChI is InChI=1S/C23H27N3O3/c1-15-24-22-20(26(15)3)13-18(23(27)25(2)9-10-28-4)14-21(22)29-19-11-16-7-5-6-8-17(16)12-19/h5-8,13-14,19H,9-12H2,1-4H3. The van der Waals surface area contributed by atoms with Crippen LogP contribution in [0.5, 0.6) is 5.75 Å². The molecule has 3 aromatic rings. The van der Waals surface area contributed by atoms with Gasteiger partial charge in [0.15, 0.2) is 0 Å². The second-order valence-corrected chi connectivity index (χ2v) is 7.70. The number of methoxy groups -OCH3 is 1. The Morgan fingerprint density at radius 3 is 2.59 bits per heavy atom. The molecule has 4 rings (SSSR count). The van der Waals surface area contributed by atoms with Crippen LogP contribution in [0.4, 0.5) is 0 Å². The van der Waals surface area contributed by atoms with E-state index in [-0.39, 0.29) is 12.0 Å². The summed E-state index contributed by atoms with van der Waals surface area (Å²) in [6.45, 7) is 2.99. The average Bonchev–Trinajstić information content (AvgIpc) is 3.26. The van der Waals surface area contributed by atoms with Gasteiger partial charge in [-0.1, -0.05) is 24.3 Å². The van der Waals surface area contributed by atoms with E-state index in [4.69, 9.17) is 14.5 Å². The SMILES string of the molecule is COCCN(C)C(=O)c1cc(OC2Cc3ccccc3C2)c2nc(C)n(C)c2c1. The Bertz CT molecular complexity index is 1030. The summed E-state index contributed by atoms with van der Waals surface area (Å²) in [4.78, 5) is 19.3. The van der Waals surface area contributed by atoms with E-state index in [0.29, 0.717) is 24.5 Å². The second-order valence-electron chi connectivity index (χ2n) is 7.70. The quantitative estimate of drug-likeness (QED) is 0.646.